The Labute approximate surface area is 208 Å². The fourth-order valence-electron chi connectivity index (χ4n) is 3.63. The van der Waals surface area contributed by atoms with Crippen LogP contribution in [0.15, 0.2) is 24.3 Å². The largest absolute Gasteiger partial charge is 0.416 e. The van der Waals surface area contributed by atoms with Crippen molar-refractivity contribution in [3.8, 4) is 0 Å². The van der Waals surface area contributed by atoms with Crippen LogP contribution in [0.4, 0.5) is 38.3 Å². The third kappa shape index (κ3) is 5.69. The zero-order chi connectivity index (χ0) is 27.2. The molecule has 3 rings (SSSR count). The lowest BCUT2D eigenvalue weighted by Crippen LogP contribution is -2.47. The molecule has 2 atom stereocenters. The first-order chi connectivity index (χ1) is 16.5. The zero-order valence-corrected chi connectivity index (χ0v) is 20.8. The van der Waals surface area contributed by atoms with Crippen molar-refractivity contribution in [2.45, 2.75) is 19.1 Å². The number of pyridine rings is 1. The monoisotopic (exact) mass is 553 g/mol. The highest BCUT2D eigenvalue weighted by Gasteiger charge is 2.45. The van der Waals surface area contributed by atoms with Crippen molar-refractivity contribution in [3.63, 3.8) is 0 Å². The average Bonchev–Trinajstić information content (AvgIpc) is 3.10. The standard InChI is InChI=1S/C21H21ClF5N5O3S/c1-11-8-12(21(25,26)27)9-16(29-11)32-15(10-31(20(32)34)6-7-36(3,28)35)19(33)30(2)14-5-4-13(23)17(22)18(14)24/h4-5,8-9,15,28H,6-7,10H2,1-3H3/t15-,36?/m0/s1. The number of anilines is 2. The van der Waals surface area contributed by atoms with E-state index in [-0.39, 0.29) is 24.5 Å². The van der Waals surface area contributed by atoms with Crippen molar-refractivity contribution in [1.29, 1.82) is 4.78 Å². The molecule has 0 spiro atoms. The Balaban J connectivity index is 2.07. The molecule has 1 aromatic heterocycles. The molecule has 15 heteroatoms. The summed E-state index contributed by atoms with van der Waals surface area (Å²) in [7, 11) is -1.90. The van der Waals surface area contributed by atoms with E-state index in [1.165, 1.54) is 6.92 Å². The Kier molecular flexibility index (Phi) is 7.51. The maximum Gasteiger partial charge on any atom is 0.416 e. The van der Waals surface area contributed by atoms with Crippen molar-refractivity contribution in [2.75, 3.05) is 41.9 Å². The summed E-state index contributed by atoms with van der Waals surface area (Å²) in [4.78, 5) is 33.2. The van der Waals surface area contributed by atoms with Gasteiger partial charge in [0.2, 0.25) is 0 Å². The number of nitrogens with zero attached hydrogens (tertiary/aromatic N) is 4. The Morgan fingerprint density at radius 2 is 1.94 bits per heavy atom. The molecule has 1 aromatic carbocycles. The molecule has 2 aromatic rings. The van der Waals surface area contributed by atoms with Crippen molar-refractivity contribution < 1.29 is 35.8 Å². The second-order valence-corrected chi connectivity index (χ2v) is 11.1. The van der Waals surface area contributed by atoms with Gasteiger partial charge in [0.15, 0.2) is 5.82 Å². The first-order valence-corrected chi connectivity index (χ1v) is 12.8. The van der Waals surface area contributed by atoms with E-state index in [2.05, 4.69) is 4.98 Å². The topological polar surface area (TPSA) is 97.7 Å². The molecule has 8 nitrogen and oxygen atoms in total. The van der Waals surface area contributed by atoms with E-state index >= 15 is 0 Å². The average molecular weight is 554 g/mol. The third-order valence-corrected chi connectivity index (χ3v) is 6.75. The summed E-state index contributed by atoms with van der Waals surface area (Å²) >= 11 is 5.60. The van der Waals surface area contributed by atoms with Crippen LogP contribution in [0.5, 0.6) is 0 Å². The Morgan fingerprint density at radius 3 is 2.53 bits per heavy atom. The molecule has 1 aliphatic heterocycles. The number of aromatic nitrogens is 1. The summed E-state index contributed by atoms with van der Waals surface area (Å²) in [5.74, 6) is -3.95. The maximum absolute atomic E-state index is 14.6. The molecular weight excluding hydrogens is 533 g/mol. The van der Waals surface area contributed by atoms with Gasteiger partial charge >= 0.3 is 12.2 Å². The van der Waals surface area contributed by atoms with Gasteiger partial charge in [0.25, 0.3) is 5.91 Å². The predicted molar refractivity (Wildman–Crippen MR) is 124 cm³/mol. The molecule has 1 fully saturated rings. The molecule has 1 N–H and O–H groups in total. The van der Waals surface area contributed by atoms with E-state index in [0.29, 0.717) is 6.07 Å². The van der Waals surface area contributed by atoms with Crippen LogP contribution in [0.3, 0.4) is 0 Å². The molecule has 1 saturated heterocycles. The van der Waals surface area contributed by atoms with Crippen LogP contribution in [0.25, 0.3) is 0 Å². The van der Waals surface area contributed by atoms with Crippen molar-refractivity contribution in [1.82, 2.24) is 9.88 Å². The van der Waals surface area contributed by atoms with Crippen LogP contribution in [0, 0.1) is 23.3 Å². The van der Waals surface area contributed by atoms with E-state index in [1.807, 2.05) is 0 Å². The lowest BCUT2D eigenvalue weighted by molar-refractivity contribution is -0.137. The lowest BCUT2D eigenvalue weighted by atomic mass is 10.1. The molecule has 3 amide bonds. The van der Waals surface area contributed by atoms with Crippen LogP contribution >= 0.6 is 11.6 Å². The number of urea groups is 1. The van der Waals surface area contributed by atoms with Gasteiger partial charge in [0.05, 0.1) is 17.8 Å². The van der Waals surface area contributed by atoms with Crippen LogP contribution in [-0.4, -0.2) is 64.2 Å². The molecule has 1 aliphatic rings. The number of carbonyl (C=O) groups excluding carboxylic acids is 2. The molecule has 0 radical (unpaired) electrons. The number of rotatable bonds is 6. The van der Waals surface area contributed by atoms with Gasteiger partial charge in [-0.15, -0.1) is 0 Å². The zero-order valence-electron chi connectivity index (χ0n) is 19.2. The van der Waals surface area contributed by atoms with E-state index in [1.54, 1.807) is 0 Å². The number of amides is 3. The normalized spacial score (nSPS) is 17.9. The number of halogens is 6. The number of hydrogen-bond donors (Lipinski definition) is 1. The van der Waals surface area contributed by atoms with Gasteiger partial charge < -0.3 is 9.80 Å². The lowest BCUT2D eigenvalue weighted by Gasteiger charge is -2.27. The van der Waals surface area contributed by atoms with Gasteiger partial charge in [-0.3, -0.25) is 18.7 Å². The first-order valence-electron chi connectivity index (χ1n) is 10.3. The van der Waals surface area contributed by atoms with Crippen molar-refractivity contribution in [3.05, 3.63) is 52.2 Å². The van der Waals surface area contributed by atoms with Gasteiger partial charge in [-0.05, 0) is 31.2 Å². The highest BCUT2D eigenvalue weighted by molar-refractivity contribution is 7.91. The van der Waals surface area contributed by atoms with Crippen LogP contribution in [0.1, 0.15) is 11.3 Å². The molecule has 0 saturated carbocycles. The second kappa shape index (κ2) is 9.81. The van der Waals surface area contributed by atoms with Gasteiger partial charge in [0, 0.05) is 41.0 Å². The minimum absolute atomic E-state index is 0.0790. The highest BCUT2D eigenvalue weighted by atomic mass is 35.5. The SMILES string of the molecule is Cc1cc(C(F)(F)F)cc(N2C(=O)N(CCS(C)(=N)=O)C[C@H]2C(=O)N(C)c2ccc(F)c(Cl)c2F)n1. The summed E-state index contributed by atoms with van der Waals surface area (Å²) in [6.45, 7) is 0.684. The van der Waals surface area contributed by atoms with Crippen LogP contribution in [-0.2, 0) is 20.7 Å². The Hall–Kier alpha value is -3.00. The van der Waals surface area contributed by atoms with Crippen LogP contribution in [0.2, 0.25) is 5.02 Å². The van der Waals surface area contributed by atoms with Crippen LogP contribution < -0.4 is 9.80 Å². The number of aryl methyl sites for hydroxylation is 1. The van der Waals surface area contributed by atoms with Gasteiger partial charge in [-0.25, -0.2) is 18.6 Å². The maximum atomic E-state index is 14.6. The van der Waals surface area contributed by atoms with Gasteiger partial charge in [0.1, 0.15) is 22.7 Å². The summed E-state index contributed by atoms with van der Waals surface area (Å²) in [6.07, 6.45) is -3.62. The first kappa shape index (κ1) is 27.6. The summed E-state index contributed by atoms with van der Waals surface area (Å²) in [5.41, 5.74) is -1.60. The number of likely N-dealkylation sites (N-methyl/N-ethyl adjacent to an activating group) is 1. The van der Waals surface area contributed by atoms with Crippen molar-refractivity contribution >= 4 is 44.8 Å². The second-order valence-electron chi connectivity index (χ2n) is 8.27. The summed E-state index contributed by atoms with van der Waals surface area (Å²) < 4.78 is 87.8. The number of hydrogen-bond acceptors (Lipinski definition) is 5. The Bertz CT molecular complexity index is 1320. The number of benzene rings is 1. The molecule has 2 heterocycles. The van der Waals surface area contributed by atoms with E-state index < -0.39 is 67.6 Å². The molecule has 0 bridgehead atoms. The number of nitrogens with one attached hydrogen (secondary N) is 1. The minimum atomic E-state index is -4.77. The Morgan fingerprint density at radius 1 is 1.31 bits per heavy atom. The molecule has 0 aliphatic carbocycles. The molecular formula is C21H21ClF5N5O3S. The fourth-order valence-corrected chi connectivity index (χ4v) is 4.36. The third-order valence-electron chi connectivity index (χ3n) is 5.44. The number of alkyl halides is 3. The molecule has 36 heavy (non-hydrogen) atoms. The summed E-state index contributed by atoms with van der Waals surface area (Å²) in [6, 6.07) is 0.781. The minimum Gasteiger partial charge on any atom is -0.321 e. The smallest absolute Gasteiger partial charge is 0.321 e. The van der Waals surface area contributed by atoms with Crippen molar-refractivity contribution in [2.24, 2.45) is 0 Å². The van der Waals surface area contributed by atoms with E-state index in [4.69, 9.17) is 16.4 Å². The molecule has 196 valence electrons. The van der Waals surface area contributed by atoms with E-state index in [0.717, 1.165) is 46.2 Å². The van der Waals surface area contributed by atoms with Gasteiger partial charge in [-0.1, -0.05) is 11.6 Å². The summed E-state index contributed by atoms with van der Waals surface area (Å²) in [5, 5.41) is -0.864. The predicted octanol–water partition coefficient (Wildman–Crippen LogP) is 4.29. The van der Waals surface area contributed by atoms with Gasteiger partial charge in [-0.2, -0.15) is 13.2 Å². The molecule has 1 unspecified atom stereocenters. The number of carbonyl (C=O) groups is 2. The van der Waals surface area contributed by atoms with E-state index in [9.17, 15) is 35.8 Å². The quantitative estimate of drug-likeness (QED) is 0.426. The fraction of sp³-hybridized carbons (Fsp3) is 0.381. The highest BCUT2D eigenvalue weighted by Crippen LogP contribution is 2.34.